The van der Waals surface area contributed by atoms with Crippen LogP contribution in [0.3, 0.4) is 0 Å². The van der Waals surface area contributed by atoms with Crippen molar-refractivity contribution in [1.29, 1.82) is 5.41 Å². The Morgan fingerprint density at radius 3 is 2.08 bits per heavy atom. The van der Waals surface area contributed by atoms with Crippen LogP contribution in [0.5, 0.6) is 5.75 Å². The fourth-order valence-electron chi connectivity index (χ4n) is 4.54. The largest absolute Gasteiger partial charge is 0.491 e. The maximum Gasteiger partial charge on any atom is 0.490 e. The fraction of sp³-hybridized carbons (Fsp3) is 0.394. The van der Waals surface area contributed by atoms with Gasteiger partial charge in [-0.15, -0.1) is 0 Å². The predicted molar refractivity (Wildman–Crippen MR) is 182 cm³/mol. The minimum Gasteiger partial charge on any atom is -0.491 e. The van der Waals surface area contributed by atoms with Gasteiger partial charge < -0.3 is 35.7 Å². The number of esters is 2. The predicted octanol–water partition coefficient (Wildman–Crippen LogP) is 2.56. The molecule has 1 heterocycles. The van der Waals surface area contributed by atoms with Gasteiger partial charge in [-0.25, -0.2) is 18.0 Å². The molecule has 0 unspecified atom stereocenters. The molecule has 0 radical (unpaired) electrons. The summed E-state index contributed by atoms with van der Waals surface area (Å²) in [5.74, 6) is -5.62. The molecule has 53 heavy (non-hydrogen) atoms. The van der Waals surface area contributed by atoms with Gasteiger partial charge >= 0.3 is 24.1 Å². The van der Waals surface area contributed by atoms with Gasteiger partial charge in [0.05, 0.1) is 30.6 Å². The molecule has 0 aliphatic carbocycles. The number of carbonyl (C=O) groups is 5. The summed E-state index contributed by atoms with van der Waals surface area (Å²) in [6, 6.07) is 8.77. The molecule has 3 rings (SSSR count). The van der Waals surface area contributed by atoms with Gasteiger partial charge in [-0.05, 0) is 63.1 Å². The van der Waals surface area contributed by atoms with Crippen LogP contribution in [-0.2, 0) is 38.7 Å². The summed E-state index contributed by atoms with van der Waals surface area (Å²) in [5, 5.41) is 22.1. The van der Waals surface area contributed by atoms with Crippen LogP contribution in [-0.4, -0.2) is 98.5 Å². The maximum atomic E-state index is 13.1. The first-order chi connectivity index (χ1) is 24.8. The molecular weight excluding hydrogens is 731 g/mol. The zero-order valence-corrected chi connectivity index (χ0v) is 29.8. The van der Waals surface area contributed by atoms with Gasteiger partial charge in [0.2, 0.25) is 15.9 Å². The van der Waals surface area contributed by atoms with E-state index < -0.39 is 57.7 Å². The van der Waals surface area contributed by atoms with E-state index in [-0.39, 0.29) is 59.4 Å². The van der Waals surface area contributed by atoms with Crippen molar-refractivity contribution in [3.05, 3.63) is 64.9 Å². The third-order valence-corrected chi connectivity index (χ3v) is 8.90. The number of nitrogen functional groups attached to an aromatic ring is 1. The van der Waals surface area contributed by atoms with Crippen LogP contribution >= 0.6 is 0 Å². The number of sulfonamides is 1. The molecule has 0 aromatic heterocycles. The number of aliphatic carboxylic acids is 1. The summed E-state index contributed by atoms with van der Waals surface area (Å²) in [6.07, 6.45) is -2.41. The van der Waals surface area contributed by atoms with Crippen molar-refractivity contribution < 1.29 is 64.9 Å². The molecule has 0 spiro atoms. The van der Waals surface area contributed by atoms with Crippen LogP contribution in [0.15, 0.2) is 53.1 Å². The van der Waals surface area contributed by atoms with E-state index in [1.165, 1.54) is 53.7 Å². The normalized spacial score (nSPS) is 13.8. The molecule has 6 N–H and O–H groups in total. The molecule has 1 fully saturated rings. The van der Waals surface area contributed by atoms with Crippen LogP contribution in [0.1, 0.15) is 61.5 Å². The summed E-state index contributed by atoms with van der Waals surface area (Å²) < 4.78 is 75.1. The Labute approximate surface area is 303 Å². The average Bonchev–Trinajstić information content (AvgIpc) is 3.64. The molecule has 1 saturated heterocycles. The minimum atomic E-state index is -4.85. The Balaban J connectivity index is 0.000000953. The highest BCUT2D eigenvalue weighted by atomic mass is 32.2. The first-order valence-electron chi connectivity index (χ1n) is 15.9. The summed E-state index contributed by atoms with van der Waals surface area (Å²) >= 11 is 0. The van der Waals surface area contributed by atoms with E-state index >= 15 is 0 Å². The minimum absolute atomic E-state index is 0.0568. The molecule has 1 atom stereocenters. The van der Waals surface area contributed by atoms with Gasteiger partial charge in [-0.2, -0.15) is 17.5 Å². The van der Waals surface area contributed by atoms with Crippen molar-refractivity contribution >= 4 is 51.7 Å². The summed E-state index contributed by atoms with van der Waals surface area (Å²) in [7, 11) is -3.67. The molecule has 0 saturated carbocycles. The molecule has 2 aromatic rings. The number of nitrogens with two attached hydrogens (primary N) is 1. The van der Waals surface area contributed by atoms with Crippen molar-refractivity contribution in [1.82, 2.24) is 14.9 Å². The van der Waals surface area contributed by atoms with Crippen molar-refractivity contribution in [2.45, 2.75) is 57.1 Å². The Morgan fingerprint density at radius 1 is 1.00 bits per heavy atom. The lowest BCUT2D eigenvalue weighted by atomic mass is 10.1. The van der Waals surface area contributed by atoms with Crippen LogP contribution in [0.4, 0.5) is 13.2 Å². The van der Waals surface area contributed by atoms with Gasteiger partial charge in [-0.3, -0.25) is 19.8 Å². The van der Waals surface area contributed by atoms with Crippen LogP contribution in [0, 0.1) is 5.41 Å². The van der Waals surface area contributed by atoms with E-state index in [4.69, 9.17) is 20.6 Å². The second-order valence-electron chi connectivity index (χ2n) is 11.1. The summed E-state index contributed by atoms with van der Waals surface area (Å²) in [4.78, 5) is 58.4. The molecule has 16 nitrogen and oxygen atoms in total. The number of carboxylic acid groups (broad SMARTS) is 1. The first-order valence-corrected chi connectivity index (χ1v) is 17.4. The van der Waals surface area contributed by atoms with E-state index in [1.54, 1.807) is 6.92 Å². The number of rotatable bonds is 15. The van der Waals surface area contributed by atoms with Crippen molar-refractivity contribution in [2.75, 3.05) is 32.9 Å². The number of benzene rings is 2. The SMILES string of the molecule is CCOC(=O)C(F)(F)F.CCOC(=O)C[C@H](COc1cc(C(=N)N)ccc1C=C(NC(C)=O)C(=O)O)NC(=O)c1ccc(S(=O)(=O)N2CCCC2)cc1. The molecule has 20 heteroatoms. The van der Waals surface area contributed by atoms with E-state index in [0.717, 1.165) is 25.8 Å². The van der Waals surface area contributed by atoms with Gasteiger partial charge in [0.15, 0.2) is 0 Å². The first kappa shape index (κ1) is 43.7. The van der Waals surface area contributed by atoms with Crippen LogP contribution < -0.4 is 21.1 Å². The Bertz CT molecular complexity index is 1790. The van der Waals surface area contributed by atoms with Gasteiger partial charge in [-0.1, -0.05) is 12.1 Å². The van der Waals surface area contributed by atoms with E-state index in [1.807, 2.05) is 0 Å². The highest BCUT2D eigenvalue weighted by Crippen LogP contribution is 2.25. The summed E-state index contributed by atoms with van der Waals surface area (Å²) in [5.41, 5.74) is 5.77. The van der Waals surface area contributed by atoms with Gasteiger partial charge in [0.1, 0.15) is 23.9 Å². The molecule has 0 bridgehead atoms. The fourth-order valence-corrected chi connectivity index (χ4v) is 6.06. The molecule has 290 valence electrons. The number of carbonyl (C=O) groups excluding carboxylic acids is 4. The smallest absolute Gasteiger partial charge is 0.490 e. The quantitative estimate of drug-likeness (QED) is 0.0759. The topological polar surface area (TPSA) is 245 Å². The second kappa shape index (κ2) is 19.9. The Hall–Kier alpha value is -5.50. The number of hydrogen-bond donors (Lipinski definition) is 5. The number of alkyl halides is 3. The summed E-state index contributed by atoms with van der Waals surface area (Å²) in [6.45, 7) is 4.52. The number of nitrogens with one attached hydrogen (secondary N) is 3. The number of hydrogen-bond acceptors (Lipinski definition) is 11. The molecule has 1 aliphatic heterocycles. The highest BCUT2D eigenvalue weighted by molar-refractivity contribution is 7.89. The monoisotopic (exact) mass is 771 g/mol. The second-order valence-corrected chi connectivity index (χ2v) is 13.0. The van der Waals surface area contributed by atoms with Crippen molar-refractivity contribution in [3.8, 4) is 5.75 Å². The zero-order valence-electron chi connectivity index (χ0n) is 28.9. The number of halogens is 3. The highest BCUT2D eigenvalue weighted by Gasteiger charge is 2.40. The van der Waals surface area contributed by atoms with E-state index in [2.05, 4.69) is 15.4 Å². The standard InChI is InChI=1S/C29H35N5O9S.C4H5F3O2/c1-3-42-26(36)16-22(33-28(37)19-8-10-23(11-9-19)44(40,41)34-12-4-5-13-34)17-43-25-15-21(27(30)31)7-6-20(25)14-24(29(38)39)32-18(2)35;1-2-9-3(8)4(5,6)7/h6-11,14-15,22H,3-5,12-13,16-17H2,1-2H3,(H3,30,31)(H,32,35)(H,33,37)(H,38,39);2H2,1H3/t22-;/m1./s1. The lowest BCUT2D eigenvalue weighted by Crippen LogP contribution is -2.41. The number of nitrogens with zero attached hydrogens (tertiary/aromatic N) is 1. The number of amidine groups is 1. The Kier molecular flexibility index (Phi) is 16.4. The zero-order chi connectivity index (χ0) is 39.9. The molecular formula is C33H40F3N5O11S. The van der Waals surface area contributed by atoms with Crippen molar-refractivity contribution in [2.24, 2.45) is 5.73 Å². The van der Waals surface area contributed by atoms with Crippen LogP contribution in [0.2, 0.25) is 0 Å². The third kappa shape index (κ3) is 13.9. The van der Waals surface area contributed by atoms with E-state index in [0.29, 0.717) is 13.1 Å². The van der Waals surface area contributed by atoms with Crippen molar-refractivity contribution in [3.63, 3.8) is 0 Å². The molecule has 2 aromatic carbocycles. The number of amides is 2. The third-order valence-electron chi connectivity index (χ3n) is 6.99. The Morgan fingerprint density at radius 2 is 1.58 bits per heavy atom. The van der Waals surface area contributed by atoms with Crippen LogP contribution in [0.25, 0.3) is 6.08 Å². The lowest BCUT2D eigenvalue weighted by molar-refractivity contribution is -0.199. The number of ether oxygens (including phenoxy) is 3. The van der Waals surface area contributed by atoms with Gasteiger partial charge in [0, 0.05) is 36.7 Å². The number of carboxylic acids is 1. The van der Waals surface area contributed by atoms with E-state index in [9.17, 15) is 50.7 Å². The molecule has 2 amide bonds. The molecule has 1 aliphatic rings. The maximum absolute atomic E-state index is 13.1. The van der Waals surface area contributed by atoms with Gasteiger partial charge in [0.25, 0.3) is 5.91 Å². The average molecular weight is 772 g/mol. The lowest BCUT2D eigenvalue weighted by Gasteiger charge is -2.20.